The van der Waals surface area contributed by atoms with Crippen molar-refractivity contribution in [2.24, 2.45) is 5.92 Å². The maximum atomic E-state index is 12.3. The van der Waals surface area contributed by atoms with E-state index in [9.17, 15) is 13.2 Å². The number of nitrogens with one attached hydrogen (secondary N) is 1. The summed E-state index contributed by atoms with van der Waals surface area (Å²) in [6.45, 7) is 2.59. The highest BCUT2D eigenvalue weighted by molar-refractivity contribution is 7.87. The van der Waals surface area contributed by atoms with Gasteiger partial charge >= 0.3 is 5.97 Å². The summed E-state index contributed by atoms with van der Waals surface area (Å²) >= 11 is 0. The summed E-state index contributed by atoms with van der Waals surface area (Å²) in [6.07, 6.45) is 4.46. The van der Waals surface area contributed by atoms with Gasteiger partial charge < -0.3 is 5.11 Å². The van der Waals surface area contributed by atoms with Gasteiger partial charge in [0.1, 0.15) is 0 Å². The van der Waals surface area contributed by atoms with Gasteiger partial charge in [0, 0.05) is 18.6 Å². The molecule has 0 bridgehead atoms. The third-order valence-electron chi connectivity index (χ3n) is 4.48. The first kappa shape index (κ1) is 14.7. The van der Waals surface area contributed by atoms with Crippen LogP contribution in [0.3, 0.4) is 0 Å². The van der Waals surface area contributed by atoms with Gasteiger partial charge in [-0.15, -0.1) is 0 Å². The summed E-state index contributed by atoms with van der Waals surface area (Å²) in [6, 6.07) is 0. The van der Waals surface area contributed by atoms with Gasteiger partial charge in [0.15, 0.2) is 0 Å². The van der Waals surface area contributed by atoms with E-state index in [2.05, 4.69) is 4.72 Å². The minimum Gasteiger partial charge on any atom is -0.481 e. The predicted molar refractivity (Wildman–Crippen MR) is 70.9 cm³/mol. The van der Waals surface area contributed by atoms with Crippen molar-refractivity contribution in [1.82, 2.24) is 9.03 Å². The zero-order valence-corrected chi connectivity index (χ0v) is 12.1. The molecule has 1 aliphatic heterocycles. The molecule has 0 atom stereocenters. The lowest BCUT2D eigenvalue weighted by Crippen LogP contribution is -2.57. The Kier molecular flexibility index (Phi) is 4.17. The summed E-state index contributed by atoms with van der Waals surface area (Å²) in [4.78, 5) is 10.9. The van der Waals surface area contributed by atoms with E-state index in [1.165, 1.54) is 4.31 Å². The highest BCUT2D eigenvalue weighted by atomic mass is 32.2. The number of hydrogen-bond acceptors (Lipinski definition) is 3. The van der Waals surface area contributed by atoms with Crippen LogP contribution in [0.4, 0.5) is 0 Å². The minimum atomic E-state index is -3.47. The molecule has 2 N–H and O–H groups in total. The van der Waals surface area contributed by atoms with Crippen molar-refractivity contribution in [2.75, 3.05) is 13.1 Å². The Morgan fingerprint density at radius 1 is 1.37 bits per heavy atom. The highest BCUT2D eigenvalue weighted by Crippen LogP contribution is 2.35. The van der Waals surface area contributed by atoms with Crippen molar-refractivity contribution < 1.29 is 18.3 Å². The second-order valence-electron chi connectivity index (χ2n) is 5.61. The average Bonchev–Trinajstić information content (AvgIpc) is 2.34. The SMILES string of the molecule is CCC1(NS(=O)(=O)N2CCC(C(=O)O)CC2)CCC1. The molecule has 1 saturated heterocycles. The average molecular weight is 290 g/mol. The number of carbonyl (C=O) groups is 1. The number of hydrogen-bond donors (Lipinski definition) is 2. The Labute approximate surface area is 114 Å². The fraction of sp³-hybridized carbons (Fsp3) is 0.917. The van der Waals surface area contributed by atoms with E-state index >= 15 is 0 Å². The molecule has 110 valence electrons. The van der Waals surface area contributed by atoms with Crippen LogP contribution in [0.2, 0.25) is 0 Å². The maximum absolute atomic E-state index is 12.3. The predicted octanol–water partition coefficient (Wildman–Crippen LogP) is 0.950. The van der Waals surface area contributed by atoms with Gasteiger partial charge in [-0.3, -0.25) is 4.79 Å². The molecular formula is C12H22N2O4S. The lowest BCUT2D eigenvalue weighted by atomic mass is 9.76. The van der Waals surface area contributed by atoms with Gasteiger partial charge in [-0.05, 0) is 38.5 Å². The molecular weight excluding hydrogens is 268 g/mol. The molecule has 0 aromatic rings. The number of piperidine rings is 1. The van der Waals surface area contributed by atoms with Crippen molar-refractivity contribution in [2.45, 2.75) is 51.0 Å². The summed E-state index contributed by atoms with van der Waals surface area (Å²) in [5, 5.41) is 8.92. The molecule has 2 fully saturated rings. The molecule has 6 nitrogen and oxygen atoms in total. The Hall–Kier alpha value is -0.660. The molecule has 1 heterocycles. The number of rotatable bonds is 5. The van der Waals surface area contributed by atoms with Gasteiger partial charge in [0.05, 0.1) is 5.92 Å². The van der Waals surface area contributed by atoms with E-state index in [0.29, 0.717) is 25.9 Å². The molecule has 0 amide bonds. The maximum Gasteiger partial charge on any atom is 0.306 e. The fourth-order valence-electron chi connectivity index (χ4n) is 2.81. The second-order valence-corrected chi connectivity index (χ2v) is 7.28. The van der Waals surface area contributed by atoms with Crippen molar-refractivity contribution in [1.29, 1.82) is 0 Å². The van der Waals surface area contributed by atoms with E-state index < -0.39 is 22.1 Å². The van der Waals surface area contributed by atoms with Gasteiger partial charge in [0.2, 0.25) is 0 Å². The molecule has 1 aliphatic carbocycles. The molecule has 0 radical (unpaired) electrons. The van der Waals surface area contributed by atoms with Crippen LogP contribution in [0, 0.1) is 5.92 Å². The van der Waals surface area contributed by atoms with Crippen molar-refractivity contribution in [3.8, 4) is 0 Å². The zero-order chi connectivity index (χ0) is 14.1. The van der Waals surface area contributed by atoms with E-state index in [0.717, 1.165) is 25.7 Å². The van der Waals surface area contributed by atoms with Gasteiger partial charge in [-0.2, -0.15) is 17.4 Å². The number of aliphatic carboxylic acids is 1. The zero-order valence-electron chi connectivity index (χ0n) is 11.3. The largest absolute Gasteiger partial charge is 0.481 e. The van der Waals surface area contributed by atoms with Gasteiger partial charge in [-0.25, -0.2) is 0 Å². The van der Waals surface area contributed by atoms with Crippen LogP contribution in [-0.2, 0) is 15.0 Å². The van der Waals surface area contributed by atoms with Gasteiger partial charge in [-0.1, -0.05) is 6.92 Å². The first-order valence-electron chi connectivity index (χ1n) is 6.90. The quantitative estimate of drug-likeness (QED) is 0.789. The number of carboxylic acid groups (broad SMARTS) is 1. The van der Waals surface area contributed by atoms with Crippen LogP contribution in [0.25, 0.3) is 0 Å². The standard InChI is InChI=1S/C12H22N2O4S/c1-2-12(6-3-7-12)13-19(17,18)14-8-4-10(5-9-14)11(15)16/h10,13H,2-9H2,1H3,(H,15,16). The molecule has 19 heavy (non-hydrogen) atoms. The van der Waals surface area contributed by atoms with Crippen molar-refractivity contribution in [3.05, 3.63) is 0 Å². The number of nitrogens with zero attached hydrogens (tertiary/aromatic N) is 1. The Morgan fingerprint density at radius 3 is 2.32 bits per heavy atom. The van der Waals surface area contributed by atoms with Crippen molar-refractivity contribution in [3.63, 3.8) is 0 Å². The van der Waals surface area contributed by atoms with Crippen LogP contribution < -0.4 is 4.72 Å². The van der Waals surface area contributed by atoms with Gasteiger partial charge in [0.25, 0.3) is 10.2 Å². The molecule has 0 unspecified atom stereocenters. The summed E-state index contributed by atoms with van der Waals surface area (Å²) in [5.41, 5.74) is -0.261. The molecule has 1 saturated carbocycles. The minimum absolute atomic E-state index is 0.261. The van der Waals surface area contributed by atoms with Crippen LogP contribution in [0.15, 0.2) is 0 Å². The third-order valence-corrected chi connectivity index (χ3v) is 6.21. The van der Waals surface area contributed by atoms with E-state index in [4.69, 9.17) is 5.11 Å². The lowest BCUT2D eigenvalue weighted by Gasteiger charge is -2.43. The van der Waals surface area contributed by atoms with Crippen molar-refractivity contribution >= 4 is 16.2 Å². The second kappa shape index (κ2) is 5.38. The van der Waals surface area contributed by atoms with Crippen LogP contribution in [-0.4, -0.2) is 42.4 Å². The Bertz CT molecular complexity index is 431. The molecule has 0 aromatic carbocycles. The molecule has 2 aliphatic rings. The summed E-state index contributed by atoms with van der Waals surface area (Å²) in [5.74, 6) is -1.23. The number of carboxylic acids is 1. The normalized spacial score (nSPS) is 24.9. The third kappa shape index (κ3) is 3.09. The first-order valence-corrected chi connectivity index (χ1v) is 8.34. The van der Waals surface area contributed by atoms with Crippen LogP contribution >= 0.6 is 0 Å². The van der Waals surface area contributed by atoms with E-state index in [1.54, 1.807) is 0 Å². The lowest BCUT2D eigenvalue weighted by molar-refractivity contribution is -0.142. The smallest absolute Gasteiger partial charge is 0.306 e. The van der Waals surface area contributed by atoms with E-state index in [1.807, 2.05) is 6.92 Å². The van der Waals surface area contributed by atoms with E-state index in [-0.39, 0.29) is 5.54 Å². The molecule has 0 aromatic heterocycles. The fourth-order valence-corrected chi connectivity index (χ4v) is 4.53. The molecule has 7 heteroatoms. The first-order chi connectivity index (χ1) is 8.88. The molecule has 0 spiro atoms. The Balaban J connectivity index is 1.96. The highest BCUT2D eigenvalue weighted by Gasteiger charge is 2.41. The summed E-state index contributed by atoms with van der Waals surface area (Å²) < 4.78 is 28.8. The van der Waals surface area contributed by atoms with Crippen LogP contribution in [0.5, 0.6) is 0 Å². The summed E-state index contributed by atoms with van der Waals surface area (Å²) in [7, 11) is -3.47. The van der Waals surface area contributed by atoms with Crippen LogP contribution in [0.1, 0.15) is 45.4 Å². The topological polar surface area (TPSA) is 86.7 Å². The Morgan fingerprint density at radius 2 is 1.95 bits per heavy atom. The molecule has 2 rings (SSSR count). The monoisotopic (exact) mass is 290 g/mol.